The predicted molar refractivity (Wildman–Crippen MR) is 59.2 cm³/mol. The molecule has 1 aromatic carbocycles. The molecule has 1 unspecified atom stereocenters. The lowest BCUT2D eigenvalue weighted by molar-refractivity contribution is 0.0417. The number of hydrogen-bond acceptors (Lipinski definition) is 3. The molecule has 15 heavy (non-hydrogen) atoms. The third-order valence-electron chi connectivity index (χ3n) is 2.32. The topological polar surface area (TPSA) is 38.7 Å². The maximum absolute atomic E-state index is 9.83. The molecule has 0 saturated carbocycles. The second-order valence-corrected chi connectivity index (χ2v) is 3.40. The van der Waals surface area contributed by atoms with Gasteiger partial charge in [0.25, 0.3) is 0 Å². The summed E-state index contributed by atoms with van der Waals surface area (Å²) in [7, 11) is 1.63. The van der Waals surface area contributed by atoms with Gasteiger partial charge in [-0.15, -0.1) is 0 Å². The van der Waals surface area contributed by atoms with Crippen LogP contribution in [0.4, 0.5) is 0 Å². The number of rotatable bonds is 5. The fourth-order valence-corrected chi connectivity index (χ4v) is 1.47. The van der Waals surface area contributed by atoms with Gasteiger partial charge in [0.2, 0.25) is 0 Å². The van der Waals surface area contributed by atoms with Crippen LogP contribution in [0.3, 0.4) is 0 Å². The van der Waals surface area contributed by atoms with E-state index >= 15 is 0 Å². The summed E-state index contributed by atoms with van der Waals surface area (Å²) < 4.78 is 10.3. The lowest BCUT2D eigenvalue weighted by Crippen LogP contribution is -2.08. The first kappa shape index (κ1) is 12.0. The third kappa shape index (κ3) is 3.22. The Labute approximate surface area is 90.6 Å². The van der Waals surface area contributed by atoms with Crippen LogP contribution in [-0.2, 0) is 4.74 Å². The zero-order valence-electron chi connectivity index (χ0n) is 9.49. The molecule has 0 aliphatic heterocycles. The van der Waals surface area contributed by atoms with Crippen LogP contribution in [0.2, 0.25) is 0 Å². The van der Waals surface area contributed by atoms with E-state index in [1.54, 1.807) is 7.11 Å². The summed E-state index contributed by atoms with van der Waals surface area (Å²) in [5.41, 5.74) is 1.91. The number of aliphatic hydroxyl groups is 1. The van der Waals surface area contributed by atoms with Crippen LogP contribution in [0.25, 0.3) is 0 Å². The van der Waals surface area contributed by atoms with Crippen LogP contribution < -0.4 is 4.74 Å². The SMILES string of the molecule is CCOCC(O)c1ccc(OC)cc1C. The van der Waals surface area contributed by atoms with E-state index < -0.39 is 6.10 Å². The molecule has 1 atom stereocenters. The number of methoxy groups -OCH3 is 1. The van der Waals surface area contributed by atoms with E-state index in [1.807, 2.05) is 32.0 Å². The van der Waals surface area contributed by atoms with Gasteiger partial charge >= 0.3 is 0 Å². The Hall–Kier alpha value is -1.06. The highest BCUT2D eigenvalue weighted by atomic mass is 16.5. The Morgan fingerprint density at radius 2 is 2.13 bits per heavy atom. The Balaban J connectivity index is 2.76. The van der Waals surface area contributed by atoms with Crippen molar-refractivity contribution in [2.24, 2.45) is 0 Å². The molecule has 1 aromatic rings. The molecule has 0 fully saturated rings. The first-order valence-electron chi connectivity index (χ1n) is 5.09. The molecule has 3 heteroatoms. The maximum Gasteiger partial charge on any atom is 0.119 e. The molecule has 0 aliphatic carbocycles. The Morgan fingerprint density at radius 3 is 2.67 bits per heavy atom. The van der Waals surface area contributed by atoms with E-state index in [0.29, 0.717) is 13.2 Å². The average molecular weight is 210 g/mol. The Kier molecular flexibility index (Phi) is 4.59. The van der Waals surface area contributed by atoms with Gasteiger partial charge < -0.3 is 14.6 Å². The van der Waals surface area contributed by atoms with E-state index in [4.69, 9.17) is 9.47 Å². The monoisotopic (exact) mass is 210 g/mol. The summed E-state index contributed by atoms with van der Waals surface area (Å²) in [4.78, 5) is 0. The van der Waals surface area contributed by atoms with Crippen molar-refractivity contribution in [1.29, 1.82) is 0 Å². The van der Waals surface area contributed by atoms with Crippen LogP contribution in [0.15, 0.2) is 18.2 Å². The van der Waals surface area contributed by atoms with Gasteiger partial charge in [-0.1, -0.05) is 6.07 Å². The highest BCUT2D eigenvalue weighted by molar-refractivity contribution is 5.36. The number of aliphatic hydroxyl groups excluding tert-OH is 1. The number of hydrogen-bond donors (Lipinski definition) is 1. The van der Waals surface area contributed by atoms with E-state index in [2.05, 4.69) is 0 Å². The normalized spacial score (nSPS) is 12.5. The van der Waals surface area contributed by atoms with Gasteiger partial charge in [0.1, 0.15) is 11.9 Å². The molecular weight excluding hydrogens is 192 g/mol. The van der Waals surface area contributed by atoms with Gasteiger partial charge in [-0.2, -0.15) is 0 Å². The second kappa shape index (κ2) is 5.73. The minimum Gasteiger partial charge on any atom is -0.497 e. The molecule has 1 N–H and O–H groups in total. The van der Waals surface area contributed by atoms with Crippen molar-refractivity contribution in [3.8, 4) is 5.75 Å². The molecule has 0 aromatic heterocycles. The van der Waals surface area contributed by atoms with Crippen molar-refractivity contribution in [1.82, 2.24) is 0 Å². The highest BCUT2D eigenvalue weighted by Crippen LogP contribution is 2.22. The number of benzene rings is 1. The van der Waals surface area contributed by atoms with Crippen LogP contribution in [0.5, 0.6) is 5.75 Å². The van der Waals surface area contributed by atoms with Gasteiger partial charge in [0, 0.05) is 6.61 Å². The van der Waals surface area contributed by atoms with Crippen LogP contribution >= 0.6 is 0 Å². The van der Waals surface area contributed by atoms with Crippen LogP contribution in [0.1, 0.15) is 24.2 Å². The van der Waals surface area contributed by atoms with Crippen molar-refractivity contribution in [2.75, 3.05) is 20.3 Å². The van der Waals surface area contributed by atoms with Crippen molar-refractivity contribution in [2.45, 2.75) is 20.0 Å². The van der Waals surface area contributed by atoms with Crippen molar-refractivity contribution < 1.29 is 14.6 Å². The minimum atomic E-state index is -0.559. The van der Waals surface area contributed by atoms with Crippen LogP contribution in [0, 0.1) is 6.92 Å². The number of aryl methyl sites for hydroxylation is 1. The van der Waals surface area contributed by atoms with Gasteiger partial charge in [0.15, 0.2) is 0 Å². The summed E-state index contributed by atoms with van der Waals surface area (Å²) in [6.07, 6.45) is -0.559. The summed E-state index contributed by atoms with van der Waals surface area (Å²) in [5.74, 6) is 0.805. The molecule has 1 rings (SSSR count). The zero-order chi connectivity index (χ0) is 11.3. The summed E-state index contributed by atoms with van der Waals surface area (Å²) in [5, 5.41) is 9.83. The van der Waals surface area contributed by atoms with Crippen molar-refractivity contribution in [3.05, 3.63) is 29.3 Å². The molecule has 0 radical (unpaired) electrons. The third-order valence-corrected chi connectivity index (χ3v) is 2.32. The molecule has 0 heterocycles. The molecular formula is C12H18O3. The molecule has 0 bridgehead atoms. The van der Waals surface area contributed by atoms with Crippen molar-refractivity contribution >= 4 is 0 Å². The lowest BCUT2D eigenvalue weighted by atomic mass is 10.0. The maximum atomic E-state index is 9.83. The molecule has 84 valence electrons. The largest absolute Gasteiger partial charge is 0.497 e. The fourth-order valence-electron chi connectivity index (χ4n) is 1.47. The van der Waals surface area contributed by atoms with Gasteiger partial charge in [0.05, 0.1) is 13.7 Å². The second-order valence-electron chi connectivity index (χ2n) is 3.40. The standard InChI is InChI=1S/C12H18O3/c1-4-15-8-12(13)11-6-5-10(14-3)7-9(11)2/h5-7,12-13H,4,8H2,1-3H3. The number of ether oxygens (including phenoxy) is 2. The van der Waals surface area contributed by atoms with Crippen molar-refractivity contribution in [3.63, 3.8) is 0 Å². The smallest absolute Gasteiger partial charge is 0.119 e. The summed E-state index contributed by atoms with van der Waals surface area (Å²) in [6.45, 7) is 4.82. The minimum absolute atomic E-state index is 0.337. The first-order chi connectivity index (χ1) is 7.19. The zero-order valence-corrected chi connectivity index (χ0v) is 9.49. The van der Waals surface area contributed by atoms with E-state index in [0.717, 1.165) is 16.9 Å². The van der Waals surface area contributed by atoms with E-state index in [-0.39, 0.29) is 0 Å². The van der Waals surface area contributed by atoms with Gasteiger partial charge in [-0.3, -0.25) is 0 Å². The molecule has 0 saturated heterocycles. The molecule has 0 amide bonds. The average Bonchev–Trinajstić information content (AvgIpc) is 2.25. The molecule has 0 spiro atoms. The highest BCUT2D eigenvalue weighted by Gasteiger charge is 2.10. The van der Waals surface area contributed by atoms with Crippen LogP contribution in [-0.4, -0.2) is 25.4 Å². The molecule has 3 nitrogen and oxygen atoms in total. The van der Waals surface area contributed by atoms with Gasteiger partial charge in [-0.05, 0) is 37.1 Å². The predicted octanol–water partition coefficient (Wildman–Crippen LogP) is 2.07. The molecule has 0 aliphatic rings. The fraction of sp³-hybridized carbons (Fsp3) is 0.500. The first-order valence-corrected chi connectivity index (χ1v) is 5.09. The summed E-state index contributed by atoms with van der Waals surface area (Å²) in [6, 6.07) is 5.62. The summed E-state index contributed by atoms with van der Waals surface area (Å²) >= 11 is 0. The Morgan fingerprint density at radius 1 is 1.40 bits per heavy atom. The van der Waals surface area contributed by atoms with E-state index in [9.17, 15) is 5.11 Å². The quantitative estimate of drug-likeness (QED) is 0.808. The van der Waals surface area contributed by atoms with E-state index in [1.165, 1.54) is 0 Å². The van der Waals surface area contributed by atoms with Gasteiger partial charge in [-0.25, -0.2) is 0 Å². The Bertz CT molecular complexity index is 310. The lowest BCUT2D eigenvalue weighted by Gasteiger charge is -2.14.